The quantitative estimate of drug-likeness (QED) is 0.498. The number of hydrogen-bond donors (Lipinski definition) is 2. The molecule has 1 aliphatic heterocycles. The van der Waals surface area contributed by atoms with Gasteiger partial charge >= 0.3 is 0 Å². The second kappa shape index (κ2) is 3.45. The van der Waals surface area contributed by atoms with Crippen LogP contribution in [0.3, 0.4) is 0 Å². The fourth-order valence-corrected chi connectivity index (χ4v) is 1.29. The van der Waals surface area contributed by atoms with Crippen LogP contribution in [0.25, 0.3) is 0 Å². The molecule has 0 bridgehead atoms. The molecule has 0 spiro atoms. The number of para-hydroxylation sites is 1. The van der Waals surface area contributed by atoms with E-state index in [2.05, 4.69) is 4.99 Å². The molecule has 0 saturated heterocycles. The fourth-order valence-electron chi connectivity index (χ4n) is 1.29. The summed E-state index contributed by atoms with van der Waals surface area (Å²) in [5.41, 5.74) is 11.2. The van der Waals surface area contributed by atoms with Gasteiger partial charge in [0.2, 0.25) is 0 Å². The second-order valence-corrected chi connectivity index (χ2v) is 2.84. The standard InChI is InChI=1S/C9H11N3O2/c10-9(11)12-6-2-1-3-7-8(6)14-5-4-13-7/h1-3H,4-5H2,(H4,10,11,12). The van der Waals surface area contributed by atoms with E-state index in [4.69, 9.17) is 20.9 Å². The van der Waals surface area contributed by atoms with Crippen LogP contribution in [0, 0.1) is 0 Å². The molecule has 0 unspecified atom stereocenters. The van der Waals surface area contributed by atoms with E-state index in [-0.39, 0.29) is 5.96 Å². The zero-order valence-corrected chi connectivity index (χ0v) is 7.56. The van der Waals surface area contributed by atoms with Crippen molar-refractivity contribution in [2.24, 2.45) is 16.5 Å². The van der Waals surface area contributed by atoms with Crippen molar-refractivity contribution in [3.05, 3.63) is 18.2 Å². The van der Waals surface area contributed by atoms with Crippen molar-refractivity contribution in [2.75, 3.05) is 13.2 Å². The van der Waals surface area contributed by atoms with E-state index in [0.29, 0.717) is 30.4 Å². The number of nitrogens with two attached hydrogens (primary N) is 2. The number of nitrogens with zero attached hydrogens (tertiary/aromatic N) is 1. The normalized spacial score (nSPS) is 13.4. The number of ether oxygens (including phenoxy) is 2. The minimum absolute atomic E-state index is 0.00701. The average Bonchev–Trinajstić information content (AvgIpc) is 2.18. The van der Waals surface area contributed by atoms with E-state index in [1.54, 1.807) is 6.07 Å². The van der Waals surface area contributed by atoms with Gasteiger partial charge in [-0.05, 0) is 12.1 Å². The fraction of sp³-hybridized carbons (Fsp3) is 0.222. The molecule has 0 aromatic heterocycles. The van der Waals surface area contributed by atoms with Crippen LogP contribution >= 0.6 is 0 Å². The van der Waals surface area contributed by atoms with E-state index in [1.807, 2.05) is 12.1 Å². The molecule has 0 radical (unpaired) electrons. The zero-order chi connectivity index (χ0) is 9.97. The van der Waals surface area contributed by atoms with Crippen molar-refractivity contribution in [2.45, 2.75) is 0 Å². The lowest BCUT2D eigenvalue weighted by molar-refractivity contribution is 0.172. The van der Waals surface area contributed by atoms with Crippen LogP contribution in [0.15, 0.2) is 23.2 Å². The highest BCUT2D eigenvalue weighted by atomic mass is 16.6. The first kappa shape index (κ1) is 8.68. The highest BCUT2D eigenvalue weighted by Gasteiger charge is 2.14. The number of hydrogen-bond acceptors (Lipinski definition) is 3. The lowest BCUT2D eigenvalue weighted by Crippen LogP contribution is -2.22. The summed E-state index contributed by atoms with van der Waals surface area (Å²) >= 11 is 0. The summed E-state index contributed by atoms with van der Waals surface area (Å²) < 4.78 is 10.8. The van der Waals surface area contributed by atoms with Gasteiger partial charge in [-0.15, -0.1) is 0 Å². The number of rotatable bonds is 1. The molecule has 1 aliphatic rings. The minimum Gasteiger partial charge on any atom is -0.486 e. The summed E-state index contributed by atoms with van der Waals surface area (Å²) in [6.07, 6.45) is 0. The number of fused-ring (bicyclic) bond motifs is 1. The topological polar surface area (TPSA) is 82.9 Å². The molecular weight excluding hydrogens is 182 g/mol. The summed E-state index contributed by atoms with van der Waals surface area (Å²) in [6.45, 7) is 1.07. The van der Waals surface area contributed by atoms with Crippen molar-refractivity contribution >= 4 is 11.6 Å². The first-order valence-electron chi connectivity index (χ1n) is 4.25. The smallest absolute Gasteiger partial charge is 0.191 e. The van der Waals surface area contributed by atoms with Crippen LogP contribution in [0.5, 0.6) is 11.5 Å². The third-order valence-corrected chi connectivity index (χ3v) is 1.79. The molecule has 1 aromatic rings. The van der Waals surface area contributed by atoms with Crippen LogP contribution < -0.4 is 20.9 Å². The van der Waals surface area contributed by atoms with Crippen molar-refractivity contribution in [1.82, 2.24) is 0 Å². The molecule has 1 heterocycles. The zero-order valence-electron chi connectivity index (χ0n) is 7.56. The highest BCUT2D eigenvalue weighted by Crippen LogP contribution is 2.38. The lowest BCUT2D eigenvalue weighted by Gasteiger charge is -2.19. The van der Waals surface area contributed by atoms with Crippen LogP contribution in [-0.4, -0.2) is 19.2 Å². The van der Waals surface area contributed by atoms with Gasteiger partial charge in [-0.2, -0.15) is 0 Å². The Bertz CT molecular complexity index is 372. The van der Waals surface area contributed by atoms with Crippen molar-refractivity contribution < 1.29 is 9.47 Å². The Morgan fingerprint density at radius 2 is 2.00 bits per heavy atom. The summed E-state index contributed by atoms with van der Waals surface area (Å²) in [5.74, 6) is 1.29. The van der Waals surface area contributed by atoms with Gasteiger partial charge in [0.25, 0.3) is 0 Å². The van der Waals surface area contributed by atoms with Crippen molar-refractivity contribution in [1.29, 1.82) is 0 Å². The molecule has 1 aromatic carbocycles. The maximum Gasteiger partial charge on any atom is 0.191 e. The van der Waals surface area contributed by atoms with E-state index in [0.717, 1.165) is 0 Å². The monoisotopic (exact) mass is 193 g/mol. The van der Waals surface area contributed by atoms with Gasteiger partial charge in [0.15, 0.2) is 17.5 Å². The predicted molar refractivity (Wildman–Crippen MR) is 52.9 cm³/mol. The van der Waals surface area contributed by atoms with Crippen LogP contribution in [-0.2, 0) is 0 Å². The summed E-state index contributed by atoms with van der Waals surface area (Å²) in [4.78, 5) is 3.94. The van der Waals surface area contributed by atoms with Gasteiger partial charge in [-0.1, -0.05) is 6.07 Å². The molecule has 0 saturated carbocycles. The Balaban J connectivity index is 2.45. The Kier molecular flexibility index (Phi) is 2.14. The second-order valence-electron chi connectivity index (χ2n) is 2.84. The molecule has 5 nitrogen and oxygen atoms in total. The first-order valence-corrected chi connectivity index (χ1v) is 4.25. The van der Waals surface area contributed by atoms with Crippen LogP contribution in [0.2, 0.25) is 0 Å². The summed E-state index contributed by atoms with van der Waals surface area (Å²) in [6, 6.07) is 5.41. The van der Waals surface area contributed by atoms with Gasteiger partial charge in [0, 0.05) is 0 Å². The molecule has 0 fully saturated rings. The molecule has 0 atom stereocenters. The molecular formula is C9H11N3O2. The maximum atomic E-state index is 5.41. The van der Waals surface area contributed by atoms with E-state index in [9.17, 15) is 0 Å². The SMILES string of the molecule is NC(N)=Nc1cccc2c1OCCO2. The Morgan fingerprint density at radius 3 is 2.79 bits per heavy atom. The van der Waals surface area contributed by atoms with Crippen molar-refractivity contribution in [3.63, 3.8) is 0 Å². The number of benzene rings is 1. The molecule has 0 amide bonds. The predicted octanol–water partition coefficient (Wildman–Crippen LogP) is 0.363. The Morgan fingerprint density at radius 1 is 1.21 bits per heavy atom. The third kappa shape index (κ3) is 1.56. The molecule has 2 rings (SSSR count). The maximum absolute atomic E-state index is 5.41. The Labute approximate surface area is 81.3 Å². The van der Waals surface area contributed by atoms with Gasteiger partial charge in [-0.3, -0.25) is 0 Å². The largest absolute Gasteiger partial charge is 0.486 e. The van der Waals surface area contributed by atoms with Crippen LogP contribution in [0.1, 0.15) is 0 Å². The van der Waals surface area contributed by atoms with Gasteiger partial charge in [0.1, 0.15) is 18.9 Å². The average molecular weight is 193 g/mol. The van der Waals surface area contributed by atoms with Gasteiger partial charge < -0.3 is 20.9 Å². The molecule has 0 aliphatic carbocycles. The lowest BCUT2D eigenvalue weighted by atomic mass is 10.2. The van der Waals surface area contributed by atoms with Gasteiger partial charge in [0.05, 0.1) is 0 Å². The van der Waals surface area contributed by atoms with E-state index >= 15 is 0 Å². The number of guanidine groups is 1. The number of aliphatic imine (C=N–C) groups is 1. The van der Waals surface area contributed by atoms with Crippen molar-refractivity contribution in [3.8, 4) is 11.5 Å². The molecule has 5 heteroatoms. The molecule has 4 N–H and O–H groups in total. The van der Waals surface area contributed by atoms with Gasteiger partial charge in [-0.25, -0.2) is 4.99 Å². The highest BCUT2D eigenvalue weighted by molar-refractivity contribution is 5.80. The summed E-state index contributed by atoms with van der Waals surface area (Å²) in [5, 5.41) is 0. The van der Waals surface area contributed by atoms with E-state index in [1.165, 1.54) is 0 Å². The third-order valence-electron chi connectivity index (χ3n) is 1.79. The molecule has 74 valence electrons. The molecule has 14 heavy (non-hydrogen) atoms. The van der Waals surface area contributed by atoms with E-state index < -0.39 is 0 Å². The minimum atomic E-state index is 0.00701. The first-order chi connectivity index (χ1) is 6.77. The Hall–Kier alpha value is -1.91. The summed E-state index contributed by atoms with van der Waals surface area (Å²) in [7, 11) is 0. The van der Waals surface area contributed by atoms with Crippen LogP contribution in [0.4, 0.5) is 5.69 Å².